The summed E-state index contributed by atoms with van der Waals surface area (Å²) in [7, 11) is 1.52. The second-order valence-electron chi connectivity index (χ2n) is 6.73. The number of hydrogen-bond acceptors (Lipinski definition) is 9. The number of nitrogens with one attached hydrogen (secondary N) is 1. The van der Waals surface area contributed by atoms with Gasteiger partial charge in [0.1, 0.15) is 17.0 Å². The van der Waals surface area contributed by atoms with Gasteiger partial charge in [-0.25, -0.2) is 4.98 Å². The largest absolute Gasteiger partial charge is 0.494 e. The fraction of sp³-hybridized carbons (Fsp3) is 0.316. The van der Waals surface area contributed by atoms with E-state index in [1.807, 2.05) is 0 Å². The first-order valence-corrected chi connectivity index (χ1v) is 10.3. The zero-order valence-corrected chi connectivity index (χ0v) is 17.7. The lowest BCUT2D eigenvalue weighted by Gasteiger charge is -2.30. The molecule has 0 unspecified atom stereocenters. The predicted octanol–water partition coefficient (Wildman–Crippen LogP) is 3.12. The van der Waals surface area contributed by atoms with E-state index >= 15 is 0 Å². The van der Waals surface area contributed by atoms with Crippen LogP contribution >= 0.6 is 22.9 Å². The first-order valence-electron chi connectivity index (χ1n) is 9.09. The van der Waals surface area contributed by atoms with Crippen LogP contribution in [-0.4, -0.2) is 50.5 Å². The maximum absolute atomic E-state index is 13.0. The van der Waals surface area contributed by atoms with E-state index in [0.717, 1.165) is 11.3 Å². The SMILES string of the molecule is COc1c(C)ncc(C(=O)Nc2nnc(O[C@H]3C[C@H](O)C3)s2)c1-c1ccnc(Cl)c1. The van der Waals surface area contributed by atoms with Crippen LogP contribution in [0, 0.1) is 6.92 Å². The van der Waals surface area contributed by atoms with E-state index in [1.54, 1.807) is 25.3 Å². The second kappa shape index (κ2) is 8.50. The van der Waals surface area contributed by atoms with Crippen LogP contribution in [0.3, 0.4) is 0 Å². The molecule has 0 radical (unpaired) electrons. The Morgan fingerprint density at radius 2 is 2.13 bits per heavy atom. The average molecular weight is 448 g/mol. The number of ether oxygens (including phenoxy) is 2. The molecule has 9 nitrogen and oxygen atoms in total. The van der Waals surface area contributed by atoms with Crippen molar-refractivity contribution in [1.29, 1.82) is 0 Å². The van der Waals surface area contributed by atoms with Crippen LogP contribution in [0.2, 0.25) is 5.15 Å². The summed E-state index contributed by atoms with van der Waals surface area (Å²) >= 11 is 7.16. The minimum atomic E-state index is -0.425. The van der Waals surface area contributed by atoms with Gasteiger partial charge in [-0.05, 0) is 36.0 Å². The second-order valence-corrected chi connectivity index (χ2v) is 8.05. The minimum Gasteiger partial charge on any atom is -0.494 e. The van der Waals surface area contributed by atoms with Crippen LogP contribution in [0.25, 0.3) is 11.1 Å². The van der Waals surface area contributed by atoms with Crippen molar-refractivity contribution in [2.45, 2.75) is 32.0 Å². The molecule has 156 valence electrons. The number of amides is 1. The third-order valence-corrected chi connectivity index (χ3v) is 5.58. The average Bonchev–Trinajstić information content (AvgIpc) is 3.13. The van der Waals surface area contributed by atoms with Crippen molar-refractivity contribution in [3.05, 3.63) is 40.9 Å². The number of aliphatic hydroxyl groups excluding tert-OH is 1. The molecule has 1 fully saturated rings. The first kappa shape index (κ1) is 20.5. The molecular weight excluding hydrogens is 430 g/mol. The van der Waals surface area contributed by atoms with Crippen LogP contribution in [-0.2, 0) is 0 Å². The number of aromatic nitrogens is 4. The number of halogens is 1. The van der Waals surface area contributed by atoms with E-state index in [2.05, 4.69) is 25.5 Å². The lowest BCUT2D eigenvalue weighted by Crippen LogP contribution is -2.37. The number of anilines is 1. The highest BCUT2D eigenvalue weighted by Crippen LogP contribution is 2.36. The van der Waals surface area contributed by atoms with Crippen LogP contribution in [0.4, 0.5) is 5.13 Å². The lowest BCUT2D eigenvalue weighted by atomic mass is 9.92. The van der Waals surface area contributed by atoms with E-state index in [1.165, 1.54) is 13.3 Å². The molecule has 1 aliphatic carbocycles. The van der Waals surface area contributed by atoms with Crippen LogP contribution in [0.15, 0.2) is 24.5 Å². The fourth-order valence-corrected chi connectivity index (χ4v) is 3.93. The Hall–Kier alpha value is -2.82. The molecule has 11 heteroatoms. The zero-order valence-electron chi connectivity index (χ0n) is 16.1. The van der Waals surface area contributed by atoms with E-state index in [-0.39, 0.29) is 17.3 Å². The smallest absolute Gasteiger partial charge is 0.296 e. The molecule has 0 atom stereocenters. The Morgan fingerprint density at radius 3 is 2.83 bits per heavy atom. The third-order valence-electron chi connectivity index (χ3n) is 4.64. The minimum absolute atomic E-state index is 0.0786. The number of aryl methyl sites for hydroxylation is 1. The summed E-state index contributed by atoms with van der Waals surface area (Å²) in [5, 5.41) is 20.9. The van der Waals surface area contributed by atoms with E-state index in [4.69, 9.17) is 21.1 Å². The first-order chi connectivity index (χ1) is 14.4. The summed E-state index contributed by atoms with van der Waals surface area (Å²) in [6.45, 7) is 1.79. The van der Waals surface area contributed by atoms with Crippen molar-refractivity contribution in [2.75, 3.05) is 12.4 Å². The molecule has 1 amide bonds. The van der Waals surface area contributed by atoms with Gasteiger partial charge >= 0.3 is 0 Å². The molecule has 0 aliphatic heterocycles. The summed E-state index contributed by atoms with van der Waals surface area (Å²) in [4.78, 5) is 21.3. The van der Waals surface area contributed by atoms with Gasteiger partial charge in [0.15, 0.2) is 0 Å². The lowest BCUT2D eigenvalue weighted by molar-refractivity contribution is -0.0111. The molecule has 3 aromatic rings. The van der Waals surface area contributed by atoms with Crippen molar-refractivity contribution in [1.82, 2.24) is 20.2 Å². The van der Waals surface area contributed by atoms with Crippen molar-refractivity contribution in [3.8, 4) is 22.1 Å². The van der Waals surface area contributed by atoms with Crippen molar-refractivity contribution in [2.24, 2.45) is 0 Å². The fourth-order valence-electron chi connectivity index (χ4n) is 3.10. The maximum atomic E-state index is 13.0. The van der Waals surface area contributed by atoms with Crippen molar-refractivity contribution in [3.63, 3.8) is 0 Å². The number of nitrogens with zero attached hydrogens (tertiary/aromatic N) is 4. The van der Waals surface area contributed by atoms with Gasteiger partial charge in [-0.2, -0.15) is 0 Å². The number of aliphatic hydroxyl groups is 1. The number of rotatable bonds is 6. The van der Waals surface area contributed by atoms with Crippen molar-refractivity contribution < 1.29 is 19.4 Å². The Labute approximate surface area is 181 Å². The van der Waals surface area contributed by atoms with Crippen LogP contribution in [0.5, 0.6) is 10.9 Å². The van der Waals surface area contributed by atoms with Gasteiger partial charge < -0.3 is 14.6 Å². The number of carbonyl (C=O) groups excluding carboxylic acids is 1. The van der Waals surface area contributed by atoms with Gasteiger partial charge in [-0.3, -0.25) is 15.1 Å². The number of methoxy groups -OCH3 is 1. The standard InChI is InChI=1S/C19H18ClN5O4S/c1-9-16(28-2)15(10-3-4-21-14(20)5-10)13(8-22-9)17(27)23-18-24-25-19(30-18)29-12-6-11(26)7-12/h3-5,8,11-12,26H,6-7H2,1-2H3,(H,23,24,27)/t11-,12-. The van der Waals surface area contributed by atoms with Crippen LogP contribution in [0.1, 0.15) is 28.9 Å². The summed E-state index contributed by atoms with van der Waals surface area (Å²) < 4.78 is 11.1. The van der Waals surface area contributed by atoms with Gasteiger partial charge in [0, 0.05) is 30.8 Å². The highest BCUT2D eigenvalue weighted by atomic mass is 35.5. The molecule has 0 aromatic carbocycles. The van der Waals surface area contributed by atoms with E-state index < -0.39 is 5.91 Å². The van der Waals surface area contributed by atoms with Crippen molar-refractivity contribution >= 4 is 34.0 Å². The van der Waals surface area contributed by atoms with E-state index in [0.29, 0.717) is 51.3 Å². The Balaban J connectivity index is 1.60. The number of hydrogen-bond donors (Lipinski definition) is 2. The van der Waals surface area contributed by atoms with E-state index in [9.17, 15) is 9.90 Å². The summed E-state index contributed by atoms with van der Waals surface area (Å²) in [5.41, 5.74) is 2.15. The zero-order chi connectivity index (χ0) is 21.3. The van der Waals surface area contributed by atoms with Gasteiger partial charge in [-0.1, -0.05) is 16.7 Å². The number of carbonyl (C=O) groups is 1. The Morgan fingerprint density at radius 1 is 1.33 bits per heavy atom. The van der Waals surface area contributed by atoms with Gasteiger partial charge in [-0.15, -0.1) is 5.10 Å². The Bertz CT molecular complexity index is 1090. The molecule has 3 aromatic heterocycles. The number of pyridine rings is 2. The van der Waals surface area contributed by atoms with Gasteiger partial charge in [0.25, 0.3) is 11.1 Å². The highest BCUT2D eigenvalue weighted by Gasteiger charge is 2.30. The molecule has 30 heavy (non-hydrogen) atoms. The molecule has 0 saturated heterocycles. The highest BCUT2D eigenvalue weighted by molar-refractivity contribution is 7.17. The van der Waals surface area contributed by atoms with Gasteiger partial charge in [0.2, 0.25) is 5.13 Å². The molecule has 0 bridgehead atoms. The summed E-state index contributed by atoms with van der Waals surface area (Å²) in [6.07, 6.45) is 3.75. The molecule has 4 rings (SSSR count). The Kier molecular flexibility index (Phi) is 5.80. The monoisotopic (exact) mass is 447 g/mol. The molecule has 0 spiro atoms. The molecule has 1 aliphatic rings. The van der Waals surface area contributed by atoms with Gasteiger partial charge in [0.05, 0.1) is 24.5 Å². The molecule has 1 saturated carbocycles. The summed E-state index contributed by atoms with van der Waals surface area (Å²) in [6, 6.07) is 3.39. The third kappa shape index (κ3) is 4.20. The predicted molar refractivity (Wildman–Crippen MR) is 111 cm³/mol. The quantitative estimate of drug-likeness (QED) is 0.553. The molecule has 2 N–H and O–H groups in total. The molecule has 3 heterocycles. The topological polar surface area (TPSA) is 119 Å². The summed E-state index contributed by atoms with van der Waals surface area (Å²) in [5.74, 6) is 0.0419. The normalized spacial score (nSPS) is 17.9. The maximum Gasteiger partial charge on any atom is 0.296 e. The molecular formula is C19H18ClN5O4S. The van der Waals surface area contributed by atoms with Crippen LogP contribution < -0.4 is 14.8 Å².